The Labute approximate surface area is 130 Å². The van der Waals surface area contributed by atoms with Crippen LogP contribution >= 0.6 is 31.9 Å². The molecule has 0 saturated carbocycles. The summed E-state index contributed by atoms with van der Waals surface area (Å²) in [7, 11) is 1.72. The fraction of sp³-hybridized carbons (Fsp3) is 0.200. The lowest BCUT2D eigenvalue weighted by atomic mass is 10.1. The maximum absolute atomic E-state index is 5.31. The monoisotopic (exact) mass is 383 g/mol. The van der Waals surface area contributed by atoms with Crippen molar-refractivity contribution in [2.24, 2.45) is 0 Å². The molecule has 19 heavy (non-hydrogen) atoms. The predicted molar refractivity (Wildman–Crippen MR) is 86.5 cm³/mol. The zero-order valence-corrected chi connectivity index (χ0v) is 13.7. The van der Waals surface area contributed by atoms with E-state index in [1.54, 1.807) is 7.11 Å². The molecule has 0 spiro atoms. The van der Waals surface area contributed by atoms with Crippen LogP contribution in [0.15, 0.2) is 57.5 Å². The van der Waals surface area contributed by atoms with Gasteiger partial charge in [0.25, 0.3) is 0 Å². The number of hydrogen-bond donors (Lipinski definition) is 1. The van der Waals surface area contributed by atoms with Crippen molar-refractivity contribution in [1.29, 1.82) is 0 Å². The molecule has 0 fully saturated rings. The molecule has 0 heterocycles. The van der Waals surface area contributed by atoms with E-state index in [0.717, 1.165) is 14.6 Å². The van der Waals surface area contributed by atoms with Crippen LogP contribution in [0.1, 0.15) is 11.6 Å². The molecule has 2 aromatic carbocycles. The molecule has 0 aliphatic carbocycles. The molecule has 0 amide bonds. The van der Waals surface area contributed by atoms with Gasteiger partial charge in [-0.1, -0.05) is 46.3 Å². The second kappa shape index (κ2) is 7.08. The Morgan fingerprint density at radius 1 is 1.11 bits per heavy atom. The van der Waals surface area contributed by atoms with Crippen LogP contribution in [0.2, 0.25) is 0 Å². The van der Waals surface area contributed by atoms with Gasteiger partial charge in [-0.3, -0.25) is 0 Å². The Hall–Kier alpha value is -0.840. The summed E-state index contributed by atoms with van der Waals surface area (Å²) in [5.74, 6) is 0. The van der Waals surface area contributed by atoms with Gasteiger partial charge in [0.05, 0.1) is 18.3 Å². The highest BCUT2D eigenvalue weighted by Crippen LogP contribution is 2.29. The first-order valence-corrected chi connectivity index (χ1v) is 7.55. The van der Waals surface area contributed by atoms with Gasteiger partial charge in [-0.15, -0.1) is 0 Å². The van der Waals surface area contributed by atoms with E-state index in [-0.39, 0.29) is 6.04 Å². The van der Waals surface area contributed by atoms with E-state index in [9.17, 15) is 0 Å². The summed E-state index contributed by atoms with van der Waals surface area (Å²) in [5, 5.41) is 3.50. The van der Waals surface area contributed by atoms with Crippen LogP contribution < -0.4 is 5.32 Å². The third kappa shape index (κ3) is 4.06. The zero-order valence-electron chi connectivity index (χ0n) is 10.6. The third-order valence-electron chi connectivity index (χ3n) is 2.79. The van der Waals surface area contributed by atoms with Crippen LogP contribution in [-0.4, -0.2) is 13.7 Å². The molecule has 2 nitrogen and oxygen atoms in total. The number of rotatable bonds is 5. The molecule has 0 aliphatic rings. The van der Waals surface area contributed by atoms with Crippen LogP contribution in [0.25, 0.3) is 0 Å². The van der Waals surface area contributed by atoms with Crippen molar-refractivity contribution in [2.75, 3.05) is 19.0 Å². The fourth-order valence-corrected chi connectivity index (χ4v) is 2.59. The van der Waals surface area contributed by atoms with Crippen molar-refractivity contribution in [1.82, 2.24) is 0 Å². The maximum Gasteiger partial charge on any atom is 0.0747 e. The molecule has 1 atom stereocenters. The van der Waals surface area contributed by atoms with Crippen molar-refractivity contribution in [3.63, 3.8) is 0 Å². The number of benzene rings is 2. The van der Waals surface area contributed by atoms with Crippen LogP contribution in [0.5, 0.6) is 0 Å². The zero-order chi connectivity index (χ0) is 13.7. The summed E-state index contributed by atoms with van der Waals surface area (Å²) >= 11 is 7.05. The van der Waals surface area contributed by atoms with E-state index in [1.165, 1.54) is 5.56 Å². The summed E-state index contributed by atoms with van der Waals surface area (Å²) in [6.45, 7) is 0.614. The average molecular weight is 385 g/mol. The SMILES string of the molecule is COCC(Nc1cc(Br)ccc1Br)c1ccccc1. The number of ether oxygens (including phenoxy) is 1. The Kier molecular flexibility index (Phi) is 5.43. The summed E-state index contributed by atoms with van der Waals surface area (Å²) in [6, 6.07) is 16.5. The minimum atomic E-state index is 0.122. The molecule has 0 aliphatic heterocycles. The van der Waals surface area contributed by atoms with E-state index >= 15 is 0 Å². The Morgan fingerprint density at radius 2 is 1.84 bits per heavy atom. The van der Waals surface area contributed by atoms with Crippen LogP contribution in [0.3, 0.4) is 0 Å². The van der Waals surface area contributed by atoms with Gasteiger partial charge in [-0.25, -0.2) is 0 Å². The van der Waals surface area contributed by atoms with Crippen LogP contribution in [0.4, 0.5) is 5.69 Å². The predicted octanol–water partition coefficient (Wildman–Crippen LogP) is 5.01. The highest BCUT2D eigenvalue weighted by Gasteiger charge is 2.12. The fourth-order valence-electron chi connectivity index (χ4n) is 1.87. The molecular formula is C15H15Br2NO. The number of hydrogen-bond acceptors (Lipinski definition) is 2. The summed E-state index contributed by atoms with van der Waals surface area (Å²) in [4.78, 5) is 0. The minimum Gasteiger partial charge on any atom is -0.382 e. The molecule has 1 N–H and O–H groups in total. The molecule has 4 heteroatoms. The van der Waals surface area contributed by atoms with Gasteiger partial charge in [-0.2, -0.15) is 0 Å². The quantitative estimate of drug-likeness (QED) is 0.782. The Morgan fingerprint density at radius 3 is 2.53 bits per heavy atom. The van der Waals surface area contributed by atoms with Gasteiger partial charge in [0.15, 0.2) is 0 Å². The van der Waals surface area contributed by atoms with E-state index in [1.807, 2.05) is 30.3 Å². The van der Waals surface area contributed by atoms with Gasteiger partial charge in [0.1, 0.15) is 0 Å². The number of methoxy groups -OCH3 is 1. The highest BCUT2D eigenvalue weighted by molar-refractivity contribution is 9.11. The highest BCUT2D eigenvalue weighted by atomic mass is 79.9. The molecular weight excluding hydrogens is 370 g/mol. The largest absolute Gasteiger partial charge is 0.382 e. The lowest BCUT2D eigenvalue weighted by Crippen LogP contribution is -2.16. The Bertz CT molecular complexity index is 531. The lowest BCUT2D eigenvalue weighted by Gasteiger charge is -2.20. The molecule has 0 bridgehead atoms. The van der Waals surface area contributed by atoms with Crippen molar-refractivity contribution in [3.8, 4) is 0 Å². The summed E-state index contributed by atoms with van der Waals surface area (Å²) in [5.41, 5.74) is 2.25. The van der Waals surface area contributed by atoms with Crippen LogP contribution in [-0.2, 0) is 4.74 Å². The minimum absolute atomic E-state index is 0.122. The normalized spacial score (nSPS) is 12.2. The summed E-state index contributed by atoms with van der Waals surface area (Å²) in [6.07, 6.45) is 0. The maximum atomic E-state index is 5.31. The first-order chi connectivity index (χ1) is 9.20. The first-order valence-electron chi connectivity index (χ1n) is 5.96. The van der Waals surface area contributed by atoms with Gasteiger partial charge >= 0.3 is 0 Å². The van der Waals surface area contributed by atoms with E-state index < -0.39 is 0 Å². The number of anilines is 1. The summed E-state index contributed by atoms with van der Waals surface area (Å²) < 4.78 is 7.39. The molecule has 0 radical (unpaired) electrons. The second-order valence-corrected chi connectivity index (χ2v) is 5.96. The lowest BCUT2D eigenvalue weighted by molar-refractivity contribution is 0.186. The van der Waals surface area contributed by atoms with Gasteiger partial charge in [0, 0.05) is 16.1 Å². The smallest absolute Gasteiger partial charge is 0.0747 e. The molecule has 0 saturated heterocycles. The second-order valence-electron chi connectivity index (χ2n) is 4.19. The van der Waals surface area contributed by atoms with Crippen molar-refractivity contribution in [3.05, 3.63) is 63.0 Å². The molecule has 100 valence electrons. The first kappa shape index (κ1) is 14.6. The van der Waals surface area contributed by atoms with Crippen molar-refractivity contribution < 1.29 is 4.74 Å². The van der Waals surface area contributed by atoms with Gasteiger partial charge < -0.3 is 10.1 Å². The molecule has 0 aromatic heterocycles. The third-order valence-corrected chi connectivity index (χ3v) is 3.98. The van der Waals surface area contributed by atoms with Crippen LogP contribution in [0, 0.1) is 0 Å². The number of halogens is 2. The topological polar surface area (TPSA) is 21.3 Å². The average Bonchev–Trinajstić information content (AvgIpc) is 2.43. The molecule has 1 unspecified atom stereocenters. The van der Waals surface area contributed by atoms with Gasteiger partial charge in [0.2, 0.25) is 0 Å². The Balaban J connectivity index is 2.24. The van der Waals surface area contributed by atoms with E-state index in [4.69, 9.17) is 4.74 Å². The van der Waals surface area contributed by atoms with Crippen molar-refractivity contribution >= 4 is 37.5 Å². The number of nitrogens with one attached hydrogen (secondary N) is 1. The standard InChI is InChI=1S/C15H15Br2NO/c1-19-10-15(11-5-3-2-4-6-11)18-14-9-12(16)7-8-13(14)17/h2-9,15,18H,10H2,1H3. The van der Waals surface area contributed by atoms with E-state index in [2.05, 4.69) is 55.4 Å². The van der Waals surface area contributed by atoms with Crippen molar-refractivity contribution in [2.45, 2.75) is 6.04 Å². The molecule has 2 rings (SSSR count). The van der Waals surface area contributed by atoms with E-state index in [0.29, 0.717) is 6.61 Å². The van der Waals surface area contributed by atoms with Gasteiger partial charge in [-0.05, 0) is 39.7 Å². The molecule has 2 aromatic rings.